The predicted molar refractivity (Wildman–Crippen MR) is 48.8 cm³/mol. The van der Waals surface area contributed by atoms with Gasteiger partial charge in [0.05, 0.1) is 8.80 Å². The van der Waals surface area contributed by atoms with Crippen molar-refractivity contribution in [3.63, 3.8) is 0 Å². The molecule has 0 saturated carbocycles. The highest BCUT2D eigenvalue weighted by Crippen LogP contribution is 2.36. The quantitative estimate of drug-likeness (QED) is 0.403. The molecular formula is C6H17NSi2. The highest BCUT2D eigenvalue weighted by molar-refractivity contribution is 6.63. The van der Waals surface area contributed by atoms with Gasteiger partial charge < -0.3 is 5.32 Å². The van der Waals surface area contributed by atoms with Gasteiger partial charge >= 0.3 is 0 Å². The third kappa shape index (κ3) is 0.912. The first-order valence-corrected chi connectivity index (χ1v) is 7.58. The van der Waals surface area contributed by atoms with Gasteiger partial charge in [-0.15, -0.1) is 0 Å². The van der Waals surface area contributed by atoms with Gasteiger partial charge in [-0.25, -0.2) is 0 Å². The van der Waals surface area contributed by atoms with Crippen molar-refractivity contribution in [1.29, 1.82) is 0 Å². The molecule has 2 unspecified atom stereocenters. The van der Waals surface area contributed by atoms with Crippen LogP contribution in [0.4, 0.5) is 0 Å². The molecule has 1 N–H and O–H groups in total. The van der Waals surface area contributed by atoms with E-state index >= 15 is 0 Å². The Hall–Kier alpha value is 0.394. The molecule has 1 aliphatic rings. The third-order valence-corrected chi connectivity index (χ3v) is 8.00. The van der Waals surface area contributed by atoms with Gasteiger partial charge in [0.15, 0.2) is 0 Å². The van der Waals surface area contributed by atoms with Crippen LogP contribution < -0.4 is 5.32 Å². The maximum absolute atomic E-state index is 3.61. The van der Waals surface area contributed by atoms with Crippen LogP contribution in [0.1, 0.15) is 13.8 Å². The lowest BCUT2D eigenvalue weighted by molar-refractivity contribution is 0.879. The molecule has 3 heteroatoms. The first-order chi connectivity index (χ1) is 3.90. The molecule has 0 aromatic rings. The van der Waals surface area contributed by atoms with Crippen molar-refractivity contribution >= 4 is 19.0 Å². The largest absolute Gasteiger partial charge is 0.310 e. The summed E-state index contributed by atoms with van der Waals surface area (Å²) in [5.41, 5.74) is 0. The van der Waals surface area contributed by atoms with Crippen LogP contribution in [0.5, 0.6) is 0 Å². The van der Waals surface area contributed by atoms with E-state index in [0.29, 0.717) is 10.3 Å². The molecule has 0 aromatic heterocycles. The van der Waals surface area contributed by atoms with E-state index in [1.807, 2.05) is 0 Å². The van der Waals surface area contributed by atoms with Crippen molar-refractivity contribution in [2.45, 2.75) is 37.3 Å². The van der Waals surface area contributed by atoms with Crippen LogP contribution in [0, 0.1) is 0 Å². The maximum Gasteiger partial charge on any atom is 0.0560 e. The predicted octanol–water partition coefficient (Wildman–Crippen LogP) is -0.544. The van der Waals surface area contributed by atoms with Gasteiger partial charge in [0.2, 0.25) is 0 Å². The standard InChI is InChI=1S/C6H17NSi2/c1-5(8)6(2,7-5)9(3)4/h7,9H,1-4,8H3. The molecule has 1 rings (SSSR count). The van der Waals surface area contributed by atoms with Gasteiger partial charge in [0.25, 0.3) is 0 Å². The zero-order valence-corrected chi connectivity index (χ0v) is 10.2. The normalized spacial score (nSPS) is 50.3. The van der Waals surface area contributed by atoms with Crippen molar-refractivity contribution in [2.24, 2.45) is 0 Å². The lowest BCUT2D eigenvalue weighted by Gasteiger charge is -2.13. The van der Waals surface area contributed by atoms with E-state index < -0.39 is 8.80 Å². The molecule has 0 aliphatic carbocycles. The van der Waals surface area contributed by atoms with Gasteiger partial charge in [0.1, 0.15) is 0 Å². The second kappa shape index (κ2) is 1.71. The van der Waals surface area contributed by atoms with E-state index in [0.717, 1.165) is 0 Å². The fourth-order valence-electron chi connectivity index (χ4n) is 1.48. The Morgan fingerprint density at radius 1 is 1.33 bits per heavy atom. The monoisotopic (exact) mass is 159 g/mol. The lowest BCUT2D eigenvalue weighted by atomic mass is 10.4. The first-order valence-electron chi connectivity index (χ1n) is 3.69. The van der Waals surface area contributed by atoms with Gasteiger partial charge in [0, 0.05) is 20.6 Å². The summed E-state index contributed by atoms with van der Waals surface area (Å²) in [5, 5.41) is 4.78. The van der Waals surface area contributed by atoms with Crippen molar-refractivity contribution in [3.05, 3.63) is 0 Å². The molecule has 1 saturated heterocycles. The van der Waals surface area contributed by atoms with Gasteiger partial charge in [-0.1, -0.05) is 13.1 Å². The third-order valence-electron chi connectivity index (χ3n) is 2.96. The summed E-state index contributed by atoms with van der Waals surface area (Å²) in [6.45, 7) is 9.59. The molecule has 9 heavy (non-hydrogen) atoms. The fraction of sp³-hybridized carbons (Fsp3) is 1.00. The molecule has 1 heterocycles. The summed E-state index contributed by atoms with van der Waals surface area (Å²) >= 11 is 0. The molecule has 2 atom stereocenters. The van der Waals surface area contributed by atoms with E-state index in [4.69, 9.17) is 0 Å². The Morgan fingerprint density at radius 3 is 1.67 bits per heavy atom. The number of nitrogens with one attached hydrogen (secondary N) is 1. The molecule has 54 valence electrons. The Balaban J connectivity index is 2.63. The Kier molecular flexibility index (Phi) is 1.42. The SMILES string of the molecule is C[SiH](C)C1(C)NC1(C)[SiH3]. The molecule has 0 bridgehead atoms. The van der Waals surface area contributed by atoms with Crippen LogP contribution in [0.25, 0.3) is 0 Å². The summed E-state index contributed by atoms with van der Waals surface area (Å²) in [6, 6.07) is 0. The van der Waals surface area contributed by atoms with Crippen LogP contribution in [0.15, 0.2) is 0 Å². The summed E-state index contributed by atoms with van der Waals surface area (Å²) in [6.07, 6.45) is 0. The van der Waals surface area contributed by atoms with Crippen LogP contribution in [0.2, 0.25) is 13.1 Å². The summed E-state index contributed by atoms with van der Waals surface area (Å²) in [5.74, 6) is 0. The fourth-order valence-corrected chi connectivity index (χ4v) is 6.12. The zero-order chi connectivity index (χ0) is 7.28. The molecule has 0 amide bonds. The highest BCUT2D eigenvalue weighted by Gasteiger charge is 2.58. The van der Waals surface area contributed by atoms with Gasteiger partial charge in [-0.3, -0.25) is 0 Å². The minimum Gasteiger partial charge on any atom is -0.310 e. The molecule has 1 nitrogen and oxygen atoms in total. The zero-order valence-electron chi connectivity index (χ0n) is 7.08. The number of rotatable bonds is 1. The molecule has 0 spiro atoms. The van der Waals surface area contributed by atoms with Crippen molar-refractivity contribution in [3.8, 4) is 0 Å². The smallest absolute Gasteiger partial charge is 0.0560 e. The molecule has 0 radical (unpaired) electrons. The second-order valence-corrected chi connectivity index (χ2v) is 9.57. The van der Waals surface area contributed by atoms with Crippen molar-refractivity contribution in [2.75, 3.05) is 0 Å². The molecule has 1 fully saturated rings. The maximum atomic E-state index is 3.61. The topological polar surface area (TPSA) is 21.9 Å². The Labute approximate surface area is 62.3 Å². The van der Waals surface area contributed by atoms with E-state index in [1.54, 1.807) is 0 Å². The van der Waals surface area contributed by atoms with Crippen LogP contribution in [-0.2, 0) is 0 Å². The highest BCUT2D eigenvalue weighted by atomic mass is 28.3. The van der Waals surface area contributed by atoms with E-state index in [2.05, 4.69) is 32.3 Å². The number of hydrogen-bond acceptors (Lipinski definition) is 1. The average molecular weight is 159 g/mol. The van der Waals surface area contributed by atoms with Crippen molar-refractivity contribution < 1.29 is 0 Å². The van der Waals surface area contributed by atoms with Crippen LogP contribution in [-0.4, -0.2) is 29.4 Å². The van der Waals surface area contributed by atoms with Crippen molar-refractivity contribution in [1.82, 2.24) is 5.32 Å². The molecule has 1 aliphatic heterocycles. The van der Waals surface area contributed by atoms with Gasteiger partial charge in [-0.05, 0) is 13.8 Å². The lowest BCUT2D eigenvalue weighted by Crippen LogP contribution is -2.33. The first kappa shape index (κ1) is 7.50. The summed E-state index contributed by atoms with van der Waals surface area (Å²) in [4.78, 5) is 0. The van der Waals surface area contributed by atoms with Crippen LogP contribution >= 0.6 is 0 Å². The van der Waals surface area contributed by atoms with Gasteiger partial charge in [-0.2, -0.15) is 0 Å². The summed E-state index contributed by atoms with van der Waals surface area (Å²) in [7, 11) is 0.849. The Bertz CT molecular complexity index is 133. The van der Waals surface area contributed by atoms with E-state index in [9.17, 15) is 0 Å². The average Bonchev–Trinajstić information content (AvgIpc) is 2.08. The minimum absolute atomic E-state index is 0.449. The Morgan fingerprint density at radius 2 is 1.67 bits per heavy atom. The second-order valence-electron chi connectivity index (χ2n) is 4.11. The summed E-state index contributed by atoms with van der Waals surface area (Å²) < 4.78 is 0. The number of hydrogen-bond donors (Lipinski definition) is 1. The van der Waals surface area contributed by atoms with Crippen LogP contribution in [0.3, 0.4) is 0 Å². The van der Waals surface area contributed by atoms with E-state index in [1.165, 1.54) is 10.2 Å². The molecular weight excluding hydrogens is 142 g/mol. The van der Waals surface area contributed by atoms with E-state index in [-0.39, 0.29) is 0 Å². The molecule has 0 aromatic carbocycles. The minimum atomic E-state index is -0.449.